The van der Waals surface area contributed by atoms with E-state index in [4.69, 9.17) is 19.3 Å². The molecule has 0 rings (SSSR count). The van der Waals surface area contributed by atoms with Crippen molar-refractivity contribution in [3.05, 3.63) is 72.9 Å². The molecule has 0 radical (unpaired) electrons. The first kappa shape index (κ1) is 43.5. The van der Waals surface area contributed by atoms with Crippen molar-refractivity contribution < 1.29 is 37.9 Å². The first-order valence-electron chi connectivity index (χ1n) is 17.2. The number of phosphoric ester groups is 1. The number of carbonyl (C=O) groups is 2. The zero-order chi connectivity index (χ0) is 34.0. The van der Waals surface area contributed by atoms with Gasteiger partial charge in [0.15, 0.2) is 6.10 Å². The molecule has 0 saturated heterocycles. The molecule has 46 heavy (non-hydrogen) atoms. The van der Waals surface area contributed by atoms with Crippen LogP contribution in [-0.4, -0.2) is 41.0 Å². The average Bonchev–Trinajstić information content (AvgIpc) is 3.02. The summed E-state index contributed by atoms with van der Waals surface area (Å²) in [4.78, 5) is 42.5. The molecule has 0 bridgehead atoms. The molecule has 0 amide bonds. The summed E-state index contributed by atoms with van der Waals surface area (Å²) in [6.07, 6.45) is 40.6. The van der Waals surface area contributed by atoms with Crippen molar-refractivity contribution in [3.63, 3.8) is 0 Å². The molecule has 0 fully saturated rings. The predicted molar refractivity (Wildman–Crippen MR) is 188 cm³/mol. The van der Waals surface area contributed by atoms with Crippen molar-refractivity contribution in [2.45, 2.75) is 136 Å². The Kier molecular flexibility index (Phi) is 30.7. The van der Waals surface area contributed by atoms with Gasteiger partial charge in [0.1, 0.15) is 6.61 Å². The van der Waals surface area contributed by atoms with Crippen LogP contribution in [0.4, 0.5) is 0 Å². The number of hydrogen-bond acceptors (Lipinski definition) is 6. The highest BCUT2D eigenvalue weighted by Crippen LogP contribution is 2.35. The van der Waals surface area contributed by atoms with Gasteiger partial charge >= 0.3 is 19.8 Å². The van der Waals surface area contributed by atoms with Crippen LogP contribution in [0.5, 0.6) is 0 Å². The van der Waals surface area contributed by atoms with E-state index in [1.54, 1.807) is 0 Å². The van der Waals surface area contributed by atoms with E-state index >= 15 is 0 Å². The van der Waals surface area contributed by atoms with Crippen LogP contribution in [0.1, 0.15) is 129 Å². The predicted octanol–water partition coefficient (Wildman–Crippen LogP) is 9.95. The monoisotopic (exact) mass is 664 g/mol. The van der Waals surface area contributed by atoms with Crippen LogP contribution < -0.4 is 0 Å². The number of allylic oxidation sites excluding steroid dienone is 12. The number of ether oxygens (including phenoxy) is 2. The molecular formula is C37H61O8P. The van der Waals surface area contributed by atoms with Gasteiger partial charge in [-0.15, -0.1) is 0 Å². The topological polar surface area (TPSA) is 119 Å². The number of carbonyl (C=O) groups excluding carboxylic acids is 2. The fourth-order valence-corrected chi connectivity index (χ4v) is 4.51. The second kappa shape index (κ2) is 32.4. The zero-order valence-corrected chi connectivity index (χ0v) is 29.3. The molecule has 262 valence electrons. The second-order valence-electron chi connectivity index (χ2n) is 11.1. The third-order valence-electron chi connectivity index (χ3n) is 6.71. The molecule has 9 heteroatoms. The van der Waals surface area contributed by atoms with Crippen molar-refractivity contribution in [2.75, 3.05) is 13.2 Å². The maximum atomic E-state index is 12.3. The molecule has 0 unspecified atom stereocenters. The lowest BCUT2D eigenvalue weighted by molar-refractivity contribution is -0.161. The van der Waals surface area contributed by atoms with Crippen LogP contribution in [0.25, 0.3) is 0 Å². The fourth-order valence-electron chi connectivity index (χ4n) is 4.15. The van der Waals surface area contributed by atoms with E-state index in [-0.39, 0.29) is 19.4 Å². The van der Waals surface area contributed by atoms with Crippen LogP contribution in [0.2, 0.25) is 0 Å². The van der Waals surface area contributed by atoms with Crippen molar-refractivity contribution in [1.82, 2.24) is 0 Å². The van der Waals surface area contributed by atoms with E-state index < -0.39 is 32.5 Å². The highest BCUT2D eigenvalue weighted by molar-refractivity contribution is 7.46. The summed E-state index contributed by atoms with van der Waals surface area (Å²) in [5.41, 5.74) is 0. The molecule has 0 aromatic carbocycles. The molecule has 8 nitrogen and oxygen atoms in total. The molecule has 0 aromatic heterocycles. The fraction of sp³-hybridized carbons (Fsp3) is 0.622. The Morgan fingerprint density at radius 2 is 1.07 bits per heavy atom. The summed E-state index contributed by atoms with van der Waals surface area (Å²) in [7, 11) is -4.77. The number of phosphoric acid groups is 1. The van der Waals surface area contributed by atoms with Gasteiger partial charge in [-0.3, -0.25) is 14.1 Å². The van der Waals surface area contributed by atoms with Crippen LogP contribution in [0.15, 0.2) is 72.9 Å². The van der Waals surface area contributed by atoms with Gasteiger partial charge in [0, 0.05) is 12.8 Å². The van der Waals surface area contributed by atoms with Gasteiger partial charge in [0.25, 0.3) is 0 Å². The molecule has 1 atom stereocenters. The van der Waals surface area contributed by atoms with Crippen molar-refractivity contribution in [2.24, 2.45) is 0 Å². The maximum absolute atomic E-state index is 12.3. The third kappa shape index (κ3) is 34.4. The Morgan fingerprint density at radius 3 is 1.65 bits per heavy atom. The maximum Gasteiger partial charge on any atom is 0.469 e. The molecule has 0 aliphatic heterocycles. The minimum absolute atomic E-state index is 0.128. The standard InChI is InChI=1S/C37H61O8P/c1-3-5-7-9-11-13-15-16-17-18-19-20-22-24-26-28-30-32-37(39)45-35(34-44-46(40,41)42)33-43-36(38)31-29-27-25-23-21-14-12-10-8-6-4-2/h5,7,10-13,16-17,19-20,24,26,35H,3-4,6,8-9,14-15,18,21-23,25,27-34H2,1-2H3,(H2,40,41,42)/b7-5-,12-10-,13-11-,17-16-,20-19-,26-24-/t35-/m1/s1. The lowest BCUT2D eigenvalue weighted by Gasteiger charge is -2.18. The van der Waals surface area contributed by atoms with Gasteiger partial charge in [-0.2, -0.15) is 0 Å². The SMILES string of the molecule is CC/C=C\C/C=C\C/C=C\C/C=C\C/C=C\CCCC(=O)O[C@H](COC(=O)CCCCCCC/C=C\CCCC)COP(=O)(O)O. The third-order valence-corrected chi connectivity index (χ3v) is 7.19. The summed E-state index contributed by atoms with van der Waals surface area (Å²) in [6, 6.07) is 0. The quantitative estimate of drug-likeness (QED) is 0.0337. The summed E-state index contributed by atoms with van der Waals surface area (Å²) >= 11 is 0. The lowest BCUT2D eigenvalue weighted by Crippen LogP contribution is -2.29. The Labute approximate surface area is 279 Å². The van der Waals surface area contributed by atoms with E-state index in [2.05, 4.69) is 79.1 Å². The number of esters is 2. The van der Waals surface area contributed by atoms with Gasteiger partial charge in [0.2, 0.25) is 0 Å². The van der Waals surface area contributed by atoms with E-state index in [0.717, 1.165) is 70.6 Å². The molecule has 0 spiro atoms. The molecule has 0 aliphatic rings. The van der Waals surface area contributed by atoms with Gasteiger partial charge in [-0.05, 0) is 70.6 Å². The van der Waals surface area contributed by atoms with Crippen LogP contribution >= 0.6 is 7.82 Å². The summed E-state index contributed by atoms with van der Waals surface area (Å²) in [5, 5.41) is 0. The minimum atomic E-state index is -4.77. The van der Waals surface area contributed by atoms with Crippen LogP contribution in [0, 0.1) is 0 Å². The molecule has 0 heterocycles. The first-order chi connectivity index (χ1) is 22.3. The Balaban J connectivity index is 4.16. The highest BCUT2D eigenvalue weighted by atomic mass is 31.2. The summed E-state index contributed by atoms with van der Waals surface area (Å²) in [6.45, 7) is 3.44. The normalized spacial score (nSPS) is 13.4. The number of rotatable bonds is 30. The first-order valence-corrected chi connectivity index (χ1v) is 18.8. The van der Waals surface area contributed by atoms with Crippen LogP contribution in [-0.2, 0) is 28.2 Å². The van der Waals surface area contributed by atoms with Crippen molar-refractivity contribution in [1.29, 1.82) is 0 Å². The van der Waals surface area contributed by atoms with E-state index in [1.807, 2.05) is 12.2 Å². The molecule has 0 aliphatic carbocycles. The van der Waals surface area contributed by atoms with Crippen molar-refractivity contribution >= 4 is 19.8 Å². The molecule has 0 aromatic rings. The number of unbranched alkanes of at least 4 members (excludes halogenated alkanes) is 8. The van der Waals surface area contributed by atoms with Gasteiger partial charge in [-0.25, -0.2) is 4.57 Å². The van der Waals surface area contributed by atoms with Gasteiger partial charge in [0.05, 0.1) is 6.61 Å². The van der Waals surface area contributed by atoms with E-state index in [9.17, 15) is 14.2 Å². The zero-order valence-electron chi connectivity index (χ0n) is 28.4. The van der Waals surface area contributed by atoms with Gasteiger partial charge in [-0.1, -0.05) is 119 Å². The lowest BCUT2D eigenvalue weighted by atomic mass is 10.1. The minimum Gasteiger partial charge on any atom is -0.462 e. The number of hydrogen-bond donors (Lipinski definition) is 2. The van der Waals surface area contributed by atoms with Crippen molar-refractivity contribution in [3.8, 4) is 0 Å². The van der Waals surface area contributed by atoms with E-state index in [1.165, 1.54) is 12.8 Å². The highest BCUT2D eigenvalue weighted by Gasteiger charge is 2.22. The molecule has 0 saturated carbocycles. The Hall–Kier alpha value is -2.51. The Bertz CT molecular complexity index is 974. The average molecular weight is 665 g/mol. The van der Waals surface area contributed by atoms with Crippen LogP contribution in [0.3, 0.4) is 0 Å². The second-order valence-corrected chi connectivity index (χ2v) is 12.3. The largest absolute Gasteiger partial charge is 0.469 e. The summed E-state index contributed by atoms with van der Waals surface area (Å²) in [5.74, 6) is -0.975. The van der Waals surface area contributed by atoms with Gasteiger partial charge < -0.3 is 19.3 Å². The van der Waals surface area contributed by atoms with E-state index in [0.29, 0.717) is 19.3 Å². The molecular weight excluding hydrogens is 603 g/mol. The molecule has 2 N–H and O–H groups in total. The smallest absolute Gasteiger partial charge is 0.462 e. The Morgan fingerprint density at radius 1 is 0.587 bits per heavy atom. The summed E-state index contributed by atoms with van der Waals surface area (Å²) < 4.78 is 26.1.